The fraction of sp³-hybridized carbons (Fsp3) is 0.429. The number of rotatable bonds is 6. The quantitative estimate of drug-likeness (QED) is 0.814. The summed E-state index contributed by atoms with van der Waals surface area (Å²) in [5, 5.41) is 3.50. The molecule has 0 atom stereocenters. The summed E-state index contributed by atoms with van der Waals surface area (Å²) in [5.74, 6) is -0.628. The molecule has 0 unspecified atom stereocenters. The molecule has 0 saturated heterocycles. The molecule has 0 aliphatic carbocycles. The smallest absolute Gasteiger partial charge is 0.319 e. The van der Waals surface area contributed by atoms with E-state index in [4.69, 9.17) is 23.2 Å². The van der Waals surface area contributed by atoms with Crippen LogP contribution in [-0.2, 0) is 14.3 Å². The fourth-order valence-electron chi connectivity index (χ4n) is 1.61. The third-order valence-corrected chi connectivity index (χ3v) is 3.58. The van der Waals surface area contributed by atoms with Crippen LogP contribution in [0.3, 0.4) is 0 Å². The molecule has 0 aromatic heterocycles. The van der Waals surface area contributed by atoms with Crippen LogP contribution in [0.25, 0.3) is 0 Å². The summed E-state index contributed by atoms with van der Waals surface area (Å²) in [6.07, 6.45) is 0. The van der Waals surface area contributed by atoms with Crippen LogP contribution >= 0.6 is 23.2 Å². The summed E-state index contributed by atoms with van der Waals surface area (Å²) in [6, 6.07) is 4.87. The van der Waals surface area contributed by atoms with Gasteiger partial charge in [0.25, 0.3) is 0 Å². The average molecular weight is 333 g/mol. The van der Waals surface area contributed by atoms with Gasteiger partial charge in [0.15, 0.2) is 0 Å². The number of hydrogen-bond donors (Lipinski definition) is 1. The van der Waals surface area contributed by atoms with E-state index < -0.39 is 0 Å². The van der Waals surface area contributed by atoms with Gasteiger partial charge in [-0.1, -0.05) is 23.2 Å². The highest BCUT2D eigenvalue weighted by Gasteiger charge is 2.18. The molecule has 116 valence electrons. The van der Waals surface area contributed by atoms with Crippen LogP contribution < -0.4 is 5.32 Å². The number of benzene rings is 1. The number of ether oxygens (including phenoxy) is 1. The first-order valence-electron chi connectivity index (χ1n) is 6.39. The number of anilines is 1. The van der Waals surface area contributed by atoms with Gasteiger partial charge in [-0.2, -0.15) is 0 Å². The molecule has 1 rings (SSSR count). The van der Waals surface area contributed by atoms with Gasteiger partial charge in [-0.05, 0) is 32.0 Å². The third kappa shape index (κ3) is 5.91. The van der Waals surface area contributed by atoms with Crippen molar-refractivity contribution in [1.29, 1.82) is 0 Å². The number of carbonyl (C=O) groups excluding carboxylic acids is 2. The summed E-state index contributed by atoms with van der Waals surface area (Å²) >= 11 is 11.7. The minimum absolute atomic E-state index is 0.0312. The first kappa shape index (κ1) is 17.8. The van der Waals surface area contributed by atoms with Gasteiger partial charge in [0.2, 0.25) is 5.91 Å². The molecular weight excluding hydrogens is 315 g/mol. The van der Waals surface area contributed by atoms with Crippen LogP contribution in [0.4, 0.5) is 5.69 Å². The second-order valence-corrected chi connectivity index (χ2v) is 5.57. The molecule has 1 aromatic carbocycles. The molecule has 0 spiro atoms. The predicted octanol–water partition coefficient (Wildman–Crippen LogP) is 2.82. The molecule has 0 aliphatic rings. The van der Waals surface area contributed by atoms with Gasteiger partial charge >= 0.3 is 5.97 Å². The second-order valence-electron chi connectivity index (χ2n) is 4.75. The number of hydrogen-bond acceptors (Lipinski definition) is 4. The fourth-order valence-corrected chi connectivity index (χ4v) is 1.91. The maximum Gasteiger partial charge on any atom is 0.319 e. The van der Waals surface area contributed by atoms with Gasteiger partial charge in [0, 0.05) is 11.7 Å². The molecule has 5 nitrogen and oxygen atoms in total. The molecule has 1 amide bonds. The van der Waals surface area contributed by atoms with Crippen molar-refractivity contribution in [3.8, 4) is 0 Å². The standard InChI is InChI=1S/C14H18Cl2N2O3/c1-9(2)18(8-14(20)21-3)7-13(19)17-10-4-5-11(15)12(16)6-10/h4-6,9H,7-8H2,1-3H3,(H,17,19). The average Bonchev–Trinajstić information content (AvgIpc) is 2.41. The van der Waals surface area contributed by atoms with Gasteiger partial charge in [0.05, 0.1) is 30.2 Å². The molecule has 0 fully saturated rings. The zero-order valence-corrected chi connectivity index (χ0v) is 13.7. The van der Waals surface area contributed by atoms with Crippen molar-refractivity contribution < 1.29 is 14.3 Å². The highest BCUT2D eigenvalue weighted by Crippen LogP contribution is 2.24. The van der Waals surface area contributed by atoms with E-state index in [9.17, 15) is 9.59 Å². The number of methoxy groups -OCH3 is 1. The lowest BCUT2D eigenvalue weighted by molar-refractivity contribution is -0.142. The van der Waals surface area contributed by atoms with Crippen molar-refractivity contribution in [1.82, 2.24) is 4.90 Å². The SMILES string of the molecule is COC(=O)CN(CC(=O)Nc1ccc(Cl)c(Cl)c1)C(C)C. The highest BCUT2D eigenvalue weighted by atomic mass is 35.5. The lowest BCUT2D eigenvalue weighted by Gasteiger charge is -2.24. The van der Waals surface area contributed by atoms with Gasteiger partial charge in [0.1, 0.15) is 0 Å². The Kier molecular flexibility index (Phi) is 6.95. The second kappa shape index (κ2) is 8.22. The van der Waals surface area contributed by atoms with E-state index >= 15 is 0 Å². The lowest BCUT2D eigenvalue weighted by Crippen LogP contribution is -2.41. The summed E-state index contributed by atoms with van der Waals surface area (Å²) in [6.45, 7) is 3.93. The van der Waals surface area contributed by atoms with Crippen LogP contribution in [0.1, 0.15) is 13.8 Å². The lowest BCUT2D eigenvalue weighted by atomic mass is 10.3. The summed E-state index contributed by atoms with van der Waals surface area (Å²) in [5.41, 5.74) is 0.552. The van der Waals surface area contributed by atoms with Crippen LogP contribution in [0.5, 0.6) is 0 Å². The Bertz CT molecular complexity index is 521. The zero-order valence-electron chi connectivity index (χ0n) is 12.2. The van der Waals surface area contributed by atoms with Gasteiger partial charge in [-0.25, -0.2) is 0 Å². The zero-order chi connectivity index (χ0) is 16.0. The van der Waals surface area contributed by atoms with Gasteiger partial charge in [-0.15, -0.1) is 0 Å². The van der Waals surface area contributed by atoms with Crippen LogP contribution in [0.2, 0.25) is 10.0 Å². The Morgan fingerprint density at radius 2 is 1.90 bits per heavy atom. The molecular formula is C14H18Cl2N2O3. The highest BCUT2D eigenvalue weighted by molar-refractivity contribution is 6.42. The van der Waals surface area contributed by atoms with Crippen molar-refractivity contribution in [3.05, 3.63) is 28.2 Å². The topological polar surface area (TPSA) is 58.6 Å². The number of amides is 1. The monoisotopic (exact) mass is 332 g/mol. The van der Waals surface area contributed by atoms with Crippen LogP contribution in [0.15, 0.2) is 18.2 Å². The first-order valence-corrected chi connectivity index (χ1v) is 7.15. The minimum Gasteiger partial charge on any atom is -0.468 e. The van der Waals surface area contributed by atoms with Gasteiger partial charge < -0.3 is 10.1 Å². The Morgan fingerprint density at radius 3 is 2.43 bits per heavy atom. The van der Waals surface area contributed by atoms with E-state index in [0.29, 0.717) is 15.7 Å². The largest absolute Gasteiger partial charge is 0.468 e. The Balaban J connectivity index is 2.65. The summed E-state index contributed by atoms with van der Waals surface area (Å²) in [7, 11) is 1.32. The van der Waals surface area contributed by atoms with E-state index in [0.717, 1.165) is 0 Å². The van der Waals surface area contributed by atoms with Crippen molar-refractivity contribution in [2.45, 2.75) is 19.9 Å². The van der Waals surface area contributed by atoms with Crippen LogP contribution in [0, 0.1) is 0 Å². The molecule has 21 heavy (non-hydrogen) atoms. The maximum atomic E-state index is 12.0. The number of halogens is 2. The molecule has 7 heteroatoms. The first-order chi connectivity index (χ1) is 9.83. The normalized spacial score (nSPS) is 10.8. The molecule has 1 N–H and O–H groups in total. The van der Waals surface area contributed by atoms with Crippen molar-refractivity contribution in [2.24, 2.45) is 0 Å². The third-order valence-electron chi connectivity index (χ3n) is 2.84. The number of nitrogens with one attached hydrogen (secondary N) is 1. The van der Waals surface area contributed by atoms with E-state index in [1.165, 1.54) is 7.11 Å². The van der Waals surface area contributed by atoms with E-state index in [1.54, 1.807) is 23.1 Å². The summed E-state index contributed by atoms with van der Waals surface area (Å²) < 4.78 is 4.62. The Morgan fingerprint density at radius 1 is 1.24 bits per heavy atom. The van der Waals surface area contributed by atoms with Gasteiger partial charge in [-0.3, -0.25) is 14.5 Å². The van der Waals surface area contributed by atoms with E-state index in [2.05, 4.69) is 10.1 Å². The van der Waals surface area contributed by atoms with Crippen molar-refractivity contribution >= 4 is 40.8 Å². The Labute approximate surface area is 134 Å². The molecule has 0 aliphatic heterocycles. The molecule has 0 radical (unpaired) electrons. The predicted molar refractivity (Wildman–Crippen MR) is 83.8 cm³/mol. The molecule has 0 bridgehead atoms. The van der Waals surface area contributed by atoms with Crippen molar-refractivity contribution in [2.75, 3.05) is 25.5 Å². The summed E-state index contributed by atoms with van der Waals surface area (Å²) in [4.78, 5) is 25.0. The Hall–Kier alpha value is -1.30. The number of carbonyl (C=O) groups is 2. The number of nitrogens with zero attached hydrogens (tertiary/aromatic N) is 1. The molecule has 0 saturated carbocycles. The molecule has 0 heterocycles. The maximum absolute atomic E-state index is 12.0. The number of esters is 1. The minimum atomic E-state index is -0.383. The van der Waals surface area contributed by atoms with E-state index in [-0.39, 0.29) is 31.0 Å². The van der Waals surface area contributed by atoms with Crippen LogP contribution in [-0.4, -0.2) is 43.0 Å². The molecule has 1 aromatic rings. The van der Waals surface area contributed by atoms with Crippen molar-refractivity contribution in [3.63, 3.8) is 0 Å². The van der Waals surface area contributed by atoms with E-state index in [1.807, 2.05) is 13.8 Å².